The molecule has 0 heterocycles. The molecule has 0 aliphatic carbocycles. The van der Waals surface area contributed by atoms with Crippen molar-refractivity contribution in [2.75, 3.05) is 13.6 Å². The van der Waals surface area contributed by atoms with Gasteiger partial charge in [-0.1, -0.05) is 19.1 Å². The maximum absolute atomic E-state index is 12.0. The van der Waals surface area contributed by atoms with Gasteiger partial charge >= 0.3 is 6.36 Å². The van der Waals surface area contributed by atoms with Crippen molar-refractivity contribution < 1.29 is 17.9 Å². The van der Waals surface area contributed by atoms with Crippen LogP contribution in [0.2, 0.25) is 0 Å². The summed E-state index contributed by atoms with van der Waals surface area (Å²) < 4.78 is 39.7. The van der Waals surface area contributed by atoms with Gasteiger partial charge in [0.1, 0.15) is 5.75 Å². The largest absolute Gasteiger partial charge is 0.573 e. The van der Waals surface area contributed by atoms with Crippen LogP contribution in [0.5, 0.6) is 5.75 Å². The molecule has 0 bridgehead atoms. The average molecular weight is 261 g/mol. The molecule has 102 valence electrons. The Morgan fingerprint density at radius 2 is 1.83 bits per heavy atom. The Kier molecular flexibility index (Phi) is 5.47. The molecule has 0 saturated carbocycles. The SMILES string of the molecule is CNCCC(C)Cc1ccc(OC(F)(F)F)cc1. The third-order valence-corrected chi connectivity index (χ3v) is 2.63. The third kappa shape index (κ3) is 5.91. The van der Waals surface area contributed by atoms with Gasteiger partial charge in [-0.25, -0.2) is 0 Å². The van der Waals surface area contributed by atoms with E-state index in [2.05, 4.69) is 17.0 Å². The summed E-state index contributed by atoms with van der Waals surface area (Å²) in [4.78, 5) is 0. The normalized spacial score (nSPS) is 13.4. The van der Waals surface area contributed by atoms with Crippen molar-refractivity contribution in [1.82, 2.24) is 5.32 Å². The standard InChI is InChI=1S/C13H18F3NO/c1-10(7-8-17-2)9-11-3-5-12(6-4-11)18-13(14,15)16/h3-6,10,17H,7-9H2,1-2H3. The molecule has 1 rings (SSSR count). The zero-order valence-electron chi connectivity index (χ0n) is 10.6. The highest BCUT2D eigenvalue weighted by molar-refractivity contribution is 5.27. The summed E-state index contributed by atoms with van der Waals surface area (Å²) in [6.45, 7) is 3.06. The molecule has 2 nitrogen and oxygen atoms in total. The second kappa shape index (κ2) is 6.64. The van der Waals surface area contributed by atoms with Gasteiger partial charge in [0.25, 0.3) is 0 Å². The van der Waals surface area contributed by atoms with Crippen LogP contribution in [0.3, 0.4) is 0 Å². The van der Waals surface area contributed by atoms with Gasteiger partial charge in [0, 0.05) is 0 Å². The van der Waals surface area contributed by atoms with E-state index in [1.54, 1.807) is 12.1 Å². The fourth-order valence-corrected chi connectivity index (χ4v) is 1.72. The number of rotatable bonds is 6. The van der Waals surface area contributed by atoms with E-state index >= 15 is 0 Å². The van der Waals surface area contributed by atoms with E-state index in [0.29, 0.717) is 5.92 Å². The van der Waals surface area contributed by atoms with Crippen molar-refractivity contribution >= 4 is 0 Å². The van der Waals surface area contributed by atoms with Crippen LogP contribution < -0.4 is 10.1 Å². The van der Waals surface area contributed by atoms with Gasteiger partial charge in [0.2, 0.25) is 0 Å². The number of halogens is 3. The summed E-state index contributed by atoms with van der Waals surface area (Å²) in [5, 5.41) is 3.07. The molecule has 1 N–H and O–H groups in total. The predicted octanol–water partition coefficient (Wildman–Crippen LogP) is 3.37. The lowest BCUT2D eigenvalue weighted by atomic mass is 9.98. The maximum Gasteiger partial charge on any atom is 0.573 e. The molecule has 0 aliphatic rings. The molecule has 1 aromatic carbocycles. The minimum Gasteiger partial charge on any atom is -0.406 e. The highest BCUT2D eigenvalue weighted by Crippen LogP contribution is 2.23. The summed E-state index contributed by atoms with van der Waals surface area (Å²) in [7, 11) is 1.90. The molecule has 0 spiro atoms. The van der Waals surface area contributed by atoms with Gasteiger partial charge in [-0.15, -0.1) is 13.2 Å². The molecule has 18 heavy (non-hydrogen) atoms. The Bertz CT molecular complexity index is 348. The molecule has 1 unspecified atom stereocenters. The molecule has 1 atom stereocenters. The number of ether oxygens (including phenoxy) is 1. The molecular weight excluding hydrogens is 243 g/mol. The van der Waals surface area contributed by atoms with Crippen molar-refractivity contribution in [3.63, 3.8) is 0 Å². The van der Waals surface area contributed by atoms with Crippen molar-refractivity contribution in [3.05, 3.63) is 29.8 Å². The van der Waals surface area contributed by atoms with Crippen LogP contribution in [0.1, 0.15) is 18.9 Å². The van der Waals surface area contributed by atoms with Crippen LogP contribution in [0.25, 0.3) is 0 Å². The highest BCUT2D eigenvalue weighted by Gasteiger charge is 2.30. The van der Waals surface area contributed by atoms with Gasteiger partial charge in [0.05, 0.1) is 0 Å². The van der Waals surface area contributed by atoms with E-state index in [1.165, 1.54) is 12.1 Å². The lowest BCUT2D eigenvalue weighted by Gasteiger charge is -2.12. The predicted molar refractivity (Wildman–Crippen MR) is 64.5 cm³/mol. The third-order valence-electron chi connectivity index (χ3n) is 2.63. The zero-order chi connectivity index (χ0) is 13.6. The van der Waals surface area contributed by atoms with E-state index in [-0.39, 0.29) is 5.75 Å². The number of hydrogen-bond donors (Lipinski definition) is 1. The number of nitrogens with one attached hydrogen (secondary N) is 1. The summed E-state index contributed by atoms with van der Waals surface area (Å²) in [5.74, 6) is 0.320. The summed E-state index contributed by atoms with van der Waals surface area (Å²) >= 11 is 0. The van der Waals surface area contributed by atoms with E-state index < -0.39 is 6.36 Å². The first kappa shape index (κ1) is 14.8. The molecule has 0 radical (unpaired) electrons. The van der Waals surface area contributed by atoms with Gasteiger partial charge in [-0.2, -0.15) is 0 Å². The van der Waals surface area contributed by atoms with Crippen LogP contribution in [-0.4, -0.2) is 20.0 Å². The second-order valence-electron chi connectivity index (χ2n) is 4.39. The van der Waals surface area contributed by atoms with E-state index in [1.807, 2.05) is 7.05 Å². The lowest BCUT2D eigenvalue weighted by molar-refractivity contribution is -0.274. The summed E-state index contributed by atoms with van der Waals surface area (Å²) in [6.07, 6.45) is -2.73. The summed E-state index contributed by atoms with van der Waals surface area (Å²) in [6, 6.07) is 6.06. The smallest absolute Gasteiger partial charge is 0.406 e. The summed E-state index contributed by atoms with van der Waals surface area (Å²) in [5.41, 5.74) is 1.02. The van der Waals surface area contributed by atoms with E-state index in [4.69, 9.17) is 0 Å². The van der Waals surface area contributed by atoms with Gasteiger partial charge in [-0.05, 0) is 50.0 Å². The monoisotopic (exact) mass is 261 g/mol. The van der Waals surface area contributed by atoms with Crippen LogP contribution in [0.4, 0.5) is 13.2 Å². The van der Waals surface area contributed by atoms with Gasteiger partial charge in [0.15, 0.2) is 0 Å². The number of alkyl halides is 3. The molecule has 0 aromatic heterocycles. The van der Waals surface area contributed by atoms with Crippen LogP contribution in [-0.2, 0) is 6.42 Å². The molecule has 0 amide bonds. The quantitative estimate of drug-likeness (QED) is 0.847. The van der Waals surface area contributed by atoms with Crippen molar-refractivity contribution in [3.8, 4) is 5.75 Å². The van der Waals surface area contributed by atoms with Gasteiger partial charge < -0.3 is 10.1 Å². The van der Waals surface area contributed by atoms with Crippen molar-refractivity contribution in [2.24, 2.45) is 5.92 Å². The molecule has 1 aromatic rings. The van der Waals surface area contributed by atoms with Crippen LogP contribution in [0.15, 0.2) is 24.3 Å². The first-order valence-electron chi connectivity index (χ1n) is 5.90. The minimum atomic E-state index is -4.62. The zero-order valence-corrected chi connectivity index (χ0v) is 10.6. The molecular formula is C13H18F3NO. The first-order valence-corrected chi connectivity index (χ1v) is 5.90. The fraction of sp³-hybridized carbons (Fsp3) is 0.538. The van der Waals surface area contributed by atoms with E-state index in [9.17, 15) is 13.2 Å². The fourth-order valence-electron chi connectivity index (χ4n) is 1.72. The molecule has 0 fully saturated rings. The Hall–Kier alpha value is -1.23. The minimum absolute atomic E-state index is 0.172. The van der Waals surface area contributed by atoms with Gasteiger partial charge in [-0.3, -0.25) is 0 Å². The van der Waals surface area contributed by atoms with E-state index in [0.717, 1.165) is 24.9 Å². The molecule has 0 saturated heterocycles. The number of hydrogen-bond acceptors (Lipinski definition) is 2. The lowest BCUT2D eigenvalue weighted by Crippen LogP contribution is -2.17. The van der Waals surface area contributed by atoms with Crippen LogP contribution in [0, 0.1) is 5.92 Å². The Morgan fingerprint density at radius 1 is 1.22 bits per heavy atom. The topological polar surface area (TPSA) is 21.3 Å². The van der Waals surface area contributed by atoms with Crippen LogP contribution >= 0.6 is 0 Å². The average Bonchev–Trinajstić information content (AvgIpc) is 2.27. The molecule has 5 heteroatoms. The Balaban J connectivity index is 2.50. The van der Waals surface area contributed by atoms with Crippen molar-refractivity contribution in [1.29, 1.82) is 0 Å². The Labute approximate surface area is 105 Å². The maximum atomic E-state index is 12.0. The second-order valence-corrected chi connectivity index (χ2v) is 4.39. The highest BCUT2D eigenvalue weighted by atomic mass is 19.4. The Morgan fingerprint density at radius 3 is 2.33 bits per heavy atom. The number of benzene rings is 1. The first-order chi connectivity index (χ1) is 8.40. The van der Waals surface area contributed by atoms with Crippen molar-refractivity contribution in [2.45, 2.75) is 26.1 Å². The molecule has 0 aliphatic heterocycles.